The van der Waals surface area contributed by atoms with E-state index >= 15 is 0 Å². The van der Waals surface area contributed by atoms with Gasteiger partial charge in [-0.2, -0.15) is 0 Å². The quantitative estimate of drug-likeness (QED) is 0.184. The van der Waals surface area contributed by atoms with Crippen molar-refractivity contribution < 1.29 is 47.3 Å². The molecule has 0 spiro atoms. The van der Waals surface area contributed by atoms with Crippen molar-refractivity contribution in [3.05, 3.63) is 74.2 Å². The summed E-state index contributed by atoms with van der Waals surface area (Å²) in [5.74, 6) is -0.953. The summed E-state index contributed by atoms with van der Waals surface area (Å²) in [6, 6.07) is 3.82. The van der Waals surface area contributed by atoms with Gasteiger partial charge in [0.1, 0.15) is 16.4 Å². The summed E-state index contributed by atoms with van der Waals surface area (Å²) in [5, 5.41) is 1.48. The summed E-state index contributed by atoms with van der Waals surface area (Å²) >= 11 is 18.2. The second kappa shape index (κ2) is 22.6. The number of hydrogen-bond donors (Lipinski definition) is 0. The van der Waals surface area contributed by atoms with Gasteiger partial charge in [0, 0.05) is 38.6 Å². The van der Waals surface area contributed by atoms with Crippen molar-refractivity contribution in [3.8, 4) is 0 Å². The van der Waals surface area contributed by atoms with Gasteiger partial charge >= 0.3 is 19.3 Å². The fourth-order valence-electron chi connectivity index (χ4n) is 7.68. The second-order valence-electron chi connectivity index (χ2n) is 21.7. The Labute approximate surface area is 420 Å². The van der Waals surface area contributed by atoms with Gasteiger partial charge in [-0.3, -0.25) is 4.98 Å². The smallest absolute Gasteiger partial charge is 0.444 e. The molecule has 378 valence electrons. The Morgan fingerprint density at radius 1 is 0.691 bits per heavy atom. The van der Waals surface area contributed by atoms with Gasteiger partial charge in [-0.1, -0.05) is 47.0 Å². The SMILES string of the molecule is CC(C)(C)OC(=O)N1CC=C(B2OC(C)(C)C(C)(C)O2)CC1.CC(C)(C)OC(=O)N1CC=C(c2ncc(CC[C@H]3COC(C)(C)O3)cc2Cl)CC1.CC1(C)OC[C@H](CCc2cnc(Cl)c(Cl)c2)O1. The van der Waals surface area contributed by atoms with Gasteiger partial charge in [-0.25, -0.2) is 14.6 Å². The van der Waals surface area contributed by atoms with Crippen LogP contribution in [0.1, 0.15) is 139 Å². The zero-order valence-electron chi connectivity index (χ0n) is 42.7. The zero-order chi connectivity index (χ0) is 50.5. The van der Waals surface area contributed by atoms with Crippen molar-refractivity contribution in [2.75, 3.05) is 39.4 Å². The molecule has 68 heavy (non-hydrogen) atoms. The fraction of sp³-hybridized carbons (Fsp3) is 0.680. The Morgan fingerprint density at radius 2 is 1.15 bits per heavy atom. The molecule has 0 unspecified atom stereocenters. The number of aromatic nitrogens is 2. The summed E-state index contributed by atoms with van der Waals surface area (Å²) in [7, 11) is -0.314. The summed E-state index contributed by atoms with van der Waals surface area (Å²) in [4.78, 5) is 36.3. The van der Waals surface area contributed by atoms with Crippen molar-refractivity contribution >= 4 is 59.7 Å². The molecule has 5 aliphatic rings. The molecule has 5 aliphatic heterocycles. The lowest BCUT2D eigenvalue weighted by Gasteiger charge is -2.32. The average Bonchev–Trinajstić information content (AvgIpc) is 3.85. The third-order valence-corrected chi connectivity index (χ3v) is 13.0. The molecule has 0 aromatic carbocycles. The number of hydrogen-bond acceptors (Lipinski definition) is 12. The molecule has 7 heterocycles. The van der Waals surface area contributed by atoms with Crippen LogP contribution in [-0.4, -0.2) is 125 Å². The van der Waals surface area contributed by atoms with Crippen LogP contribution < -0.4 is 0 Å². The summed E-state index contributed by atoms with van der Waals surface area (Å²) in [6.45, 7) is 30.6. The highest BCUT2D eigenvalue weighted by Gasteiger charge is 2.52. The predicted molar refractivity (Wildman–Crippen MR) is 267 cm³/mol. The number of pyridine rings is 2. The van der Waals surface area contributed by atoms with Crippen LogP contribution >= 0.6 is 34.8 Å². The number of carbonyl (C=O) groups is 2. The lowest BCUT2D eigenvalue weighted by Crippen LogP contribution is -2.41. The molecule has 0 saturated carbocycles. The highest BCUT2D eigenvalue weighted by Crippen LogP contribution is 2.40. The van der Waals surface area contributed by atoms with E-state index in [2.05, 4.69) is 9.97 Å². The van der Waals surface area contributed by atoms with Crippen molar-refractivity contribution in [2.24, 2.45) is 0 Å². The van der Waals surface area contributed by atoms with Gasteiger partial charge in [0.15, 0.2) is 11.6 Å². The van der Waals surface area contributed by atoms with E-state index in [9.17, 15) is 9.59 Å². The third kappa shape index (κ3) is 16.8. The van der Waals surface area contributed by atoms with Gasteiger partial charge < -0.3 is 47.5 Å². The average molecular weight is 1010 g/mol. The van der Waals surface area contributed by atoms with E-state index in [1.807, 2.05) is 127 Å². The first kappa shape index (κ1) is 55.9. The maximum Gasteiger partial charge on any atom is 0.490 e. The molecule has 3 fully saturated rings. The Kier molecular flexibility index (Phi) is 18.6. The summed E-state index contributed by atoms with van der Waals surface area (Å²) in [5.41, 5.74) is 3.49. The molecule has 2 aromatic rings. The maximum absolute atomic E-state index is 12.2. The van der Waals surface area contributed by atoms with E-state index in [1.54, 1.807) is 16.0 Å². The molecule has 18 heteroatoms. The van der Waals surface area contributed by atoms with Crippen molar-refractivity contribution in [1.29, 1.82) is 0 Å². The molecule has 3 saturated heterocycles. The zero-order valence-corrected chi connectivity index (χ0v) is 45.0. The maximum atomic E-state index is 12.2. The lowest BCUT2D eigenvalue weighted by atomic mass is 9.75. The molecule has 0 bridgehead atoms. The van der Waals surface area contributed by atoms with E-state index in [-0.39, 0.29) is 42.7 Å². The minimum Gasteiger partial charge on any atom is -0.444 e. The molecular formula is C50H74BCl3N4O10. The van der Waals surface area contributed by atoms with Crippen LogP contribution in [0.2, 0.25) is 15.2 Å². The minimum absolute atomic E-state index is 0.100. The van der Waals surface area contributed by atoms with Gasteiger partial charge in [-0.15, -0.1) is 0 Å². The molecule has 7 rings (SSSR count). The normalized spacial score (nSPS) is 22.9. The van der Waals surface area contributed by atoms with Crippen LogP contribution in [0.25, 0.3) is 5.57 Å². The molecule has 0 radical (unpaired) electrons. The van der Waals surface area contributed by atoms with Crippen LogP contribution in [-0.2, 0) is 50.6 Å². The Bertz CT molecular complexity index is 2120. The predicted octanol–water partition coefficient (Wildman–Crippen LogP) is 11.5. The molecule has 0 aliphatic carbocycles. The first-order valence-corrected chi connectivity index (χ1v) is 24.8. The van der Waals surface area contributed by atoms with Crippen LogP contribution in [0, 0.1) is 0 Å². The van der Waals surface area contributed by atoms with Crippen molar-refractivity contribution in [3.63, 3.8) is 0 Å². The molecule has 14 nitrogen and oxygen atoms in total. The van der Waals surface area contributed by atoms with Gasteiger partial charge in [0.05, 0.1) is 52.4 Å². The Hall–Kier alpha value is -2.99. The summed E-state index contributed by atoms with van der Waals surface area (Å²) < 4.78 is 45.6. The lowest BCUT2D eigenvalue weighted by molar-refractivity contribution is -0.139. The standard InChI is InChI=1S/C22H31ClN2O4.C16H28BNO4.C12H15Cl2NO2/c1-21(2,3)29-20(26)25-10-8-16(9-11-25)19-18(23)12-15(13-24-19)6-7-17-14-27-22(4,5)28-17;1-14(2,3)20-13(19)18-10-8-12(9-11-18)17-21-15(4,5)16(6,7)22-17;1-12(2)16-7-9(17-12)4-3-8-5-10(13)11(14)15-6-8/h8,12-13,17H,6-7,9-11,14H2,1-5H3;8H,9-11H2,1-7H3;5-6,9H,3-4,7H2,1-2H3/t17-;;9-/m0.0/s1. The number of nitrogens with zero attached hydrogens (tertiary/aromatic N) is 4. The van der Waals surface area contributed by atoms with E-state index in [1.165, 1.54) is 0 Å². The fourth-order valence-corrected chi connectivity index (χ4v) is 8.28. The van der Waals surface area contributed by atoms with E-state index in [4.69, 9.17) is 72.5 Å². The molecule has 0 N–H and O–H groups in total. The van der Waals surface area contributed by atoms with Crippen LogP contribution in [0.4, 0.5) is 9.59 Å². The van der Waals surface area contributed by atoms with Gasteiger partial charge in [0.2, 0.25) is 0 Å². The Morgan fingerprint density at radius 3 is 1.53 bits per heavy atom. The molecule has 2 amide bonds. The highest BCUT2D eigenvalue weighted by atomic mass is 35.5. The van der Waals surface area contributed by atoms with Crippen molar-refractivity contribution in [2.45, 2.75) is 182 Å². The second-order valence-corrected chi connectivity index (χ2v) is 22.9. The highest BCUT2D eigenvalue weighted by molar-refractivity contribution is 6.54. The number of halogens is 3. The van der Waals surface area contributed by atoms with Crippen LogP contribution in [0.15, 0.2) is 42.2 Å². The Balaban J connectivity index is 0.000000198. The minimum atomic E-state index is -0.495. The van der Waals surface area contributed by atoms with Crippen molar-refractivity contribution in [1.82, 2.24) is 19.8 Å². The summed E-state index contributed by atoms with van der Waals surface area (Å²) in [6.07, 6.45) is 12.2. The first-order chi connectivity index (χ1) is 31.4. The number of amides is 2. The number of aryl methyl sites for hydroxylation is 2. The number of carbonyl (C=O) groups excluding carboxylic acids is 2. The third-order valence-electron chi connectivity index (χ3n) is 12.0. The van der Waals surface area contributed by atoms with E-state index in [0.29, 0.717) is 61.0 Å². The monoisotopic (exact) mass is 1010 g/mol. The van der Waals surface area contributed by atoms with Gasteiger partial charge in [-0.05, 0) is 170 Å². The molecule has 2 aromatic heterocycles. The number of rotatable bonds is 8. The van der Waals surface area contributed by atoms with Crippen LogP contribution in [0.5, 0.6) is 0 Å². The number of ether oxygens (including phenoxy) is 6. The molecule has 2 atom stereocenters. The first-order valence-electron chi connectivity index (χ1n) is 23.7. The van der Waals surface area contributed by atoms with Gasteiger partial charge in [0.25, 0.3) is 0 Å². The largest absolute Gasteiger partial charge is 0.490 e. The van der Waals surface area contributed by atoms with Crippen LogP contribution in [0.3, 0.4) is 0 Å². The van der Waals surface area contributed by atoms with E-state index < -0.39 is 22.8 Å². The molecular weight excluding hydrogens is 934 g/mol. The van der Waals surface area contributed by atoms with E-state index in [0.717, 1.165) is 60.0 Å². The topological polar surface area (TPSA) is 140 Å².